The van der Waals surface area contributed by atoms with Gasteiger partial charge in [0.15, 0.2) is 0 Å². The maximum atomic E-state index is 13.1. The van der Waals surface area contributed by atoms with E-state index in [9.17, 15) is 9.18 Å². The van der Waals surface area contributed by atoms with Gasteiger partial charge in [-0.3, -0.25) is 14.7 Å². The van der Waals surface area contributed by atoms with Crippen molar-refractivity contribution in [1.29, 1.82) is 0 Å². The molecule has 6 heteroatoms. The molecule has 25 heavy (non-hydrogen) atoms. The fourth-order valence-electron chi connectivity index (χ4n) is 2.76. The molecule has 1 aliphatic rings. The molecule has 2 heterocycles. The maximum Gasteiger partial charge on any atom is 0.246 e. The third-order valence-electron chi connectivity index (χ3n) is 4.20. The normalized spacial score (nSPS) is 15.7. The van der Waals surface area contributed by atoms with Crippen LogP contribution in [0.25, 0.3) is 6.08 Å². The van der Waals surface area contributed by atoms with E-state index in [0.29, 0.717) is 24.7 Å². The minimum absolute atomic E-state index is 0.00307. The topological polar surface area (TPSA) is 36.4 Å². The molecule has 3 rings (SSSR count). The second-order valence-corrected chi connectivity index (χ2v) is 6.36. The Labute approximate surface area is 151 Å². The molecule has 1 aromatic carbocycles. The van der Waals surface area contributed by atoms with Crippen LogP contribution in [0.4, 0.5) is 4.39 Å². The van der Waals surface area contributed by atoms with Crippen molar-refractivity contribution in [2.75, 3.05) is 26.2 Å². The summed E-state index contributed by atoms with van der Waals surface area (Å²) in [5.41, 5.74) is 1.81. The molecule has 130 valence electrons. The van der Waals surface area contributed by atoms with Gasteiger partial charge in [0.25, 0.3) is 0 Å². The van der Waals surface area contributed by atoms with Crippen LogP contribution < -0.4 is 0 Å². The first kappa shape index (κ1) is 17.6. The number of halogens is 2. The molecule has 0 aliphatic carbocycles. The van der Waals surface area contributed by atoms with E-state index in [1.54, 1.807) is 30.6 Å². The molecule has 0 atom stereocenters. The largest absolute Gasteiger partial charge is 0.337 e. The first-order chi connectivity index (χ1) is 12.1. The Morgan fingerprint density at radius 3 is 2.72 bits per heavy atom. The number of carbonyl (C=O) groups excluding carboxylic acids is 1. The van der Waals surface area contributed by atoms with E-state index in [0.717, 1.165) is 24.2 Å². The Kier molecular flexibility index (Phi) is 5.79. The highest BCUT2D eigenvalue weighted by Crippen LogP contribution is 2.19. The van der Waals surface area contributed by atoms with Gasteiger partial charge in [-0.1, -0.05) is 23.7 Å². The molecule has 1 fully saturated rings. The zero-order valence-electron chi connectivity index (χ0n) is 13.7. The van der Waals surface area contributed by atoms with Crippen LogP contribution in [0.15, 0.2) is 48.8 Å². The zero-order chi connectivity index (χ0) is 17.6. The van der Waals surface area contributed by atoms with Gasteiger partial charge in [0, 0.05) is 56.2 Å². The standard InChI is InChI=1S/C19H19ClFN3O/c20-18-12-17(21)5-4-16(18)14-23-8-10-24(11-9-23)19(25)6-3-15-2-1-7-22-13-15/h1-7,12-13H,8-11,14H2/b6-3+. The van der Waals surface area contributed by atoms with Gasteiger partial charge in [-0.25, -0.2) is 4.39 Å². The lowest BCUT2D eigenvalue weighted by Crippen LogP contribution is -2.47. The van der Waals surface area contributed by atoms with Crippen LogP contribution in [0.5, 0.6) is 0 Å². The summed E-state index contributed by atoms with van der Waals surface area (Å²) in [6.45, 7) is 3.51. The maximum absolute atomic E-state index is 13.1. The molecule has 0 saturated carbocycles. The number of hydrogen-bond donors (Lipinski definition) is 0. The highest BCUT2D eigenvalue weighted by atomic mass is 35.5. The fourth-order valence-corrected chi connectivity index (χ4v) is 2.99. The number of benzene rings is 1. The Bertz CT molecular complexity index is 759. The van der Waals surface area contributed by atoms with Gasteiger partial charge in [-0.05, 0) is 35.4 Å². The fraction of sp³-hybridized carbons (Fsp3) is 0.263. The van der Waals surface area contributed by atoms with Gasteiger partial charge in [0.2, 0.25) is 5.91 Å². The quantitative estimate of drug-likeness (QED) is 0.786. The lowest BCUT2D eigenvalue weighted by atomic mass is 10.2. The minimum Gasteiger partial charge on any atom is -0.337 e. The van der Waals surface area contributed by atoms with Crippen LogP contribution in [-0.2, 0) is 11.3 Å². The van der Waals surface area contributed by atoms with E-state index in [-0.39, 0.29) is 11.7 Å². The molecule has 1 aliphatic heterocycles. The van der Waals surface area contributed by atoms with Crippen molar-refractivity contribution >= 4 is 23.6 Å². The molecule has 4 nitrogen and oxygen atoms in total. The van der Waals surface area contributed by atoms with Crippen LogP contribution >= 0.6 is 11.6 Å². The van der Waals surface area contributed by atoms with Crippen molar-refractivity contribution in [2.24, 2.45) is 0 Å². The van der Waals surface area contributed by atoms with Gasteiger partial charge in [0.05, 0.1) is 0 Å². The summed E-state index contributed by atoms with van der Waals surface area (Å²) in [5, 5.41) is 0.443. The second kappa shape index (κ2) is 8.23. The number of pyridine rings is 1. The first-order valence-corrected chi connectivity index (χ1v) is 8.53. The summed E-state index contributed by atoms with van der Waals surface area (Å²) in [6.07, 6.45) is 6.78. The molecule has 0 unspecified atom stereocenters. The van der Waals surface area contributed by atoms with Gasteiger partial charge in [-0.15, -0.1) is 0 Å². The lowest BCUT2D eigenvalue weighted by molar-refractivity contribution is -0.127. The molecule has 1 aromatic heterocycles. The first-order valence-electron chi connectivity index (χ1n) is 8.15. The van der Waals surface area contributed by atoms with Crippen LogP contribution in [-0.4, -0.2) is 46.9 Å². The van der Waals surface area contributed by atoms with Gasteiger partial charge >= 0.3 is 0 Å². The Morgan fingerprint density at radius 2 is 2.04 bits per heavy atom. The van der Waals surface area contributed by atoms with Crippen molar-refractivity contribution < 1.29 is 9.18 Å². The van der Waals surface area contributed by atoms with Crippen molar-refractivity contribution in [1.82, 2.24) is 14.8 Å². The molecule has 1 amide bonds. The molecule has 0 N–H and O–H groups in total. The average molecular weight is 360 g/mol. The number of aromatic nitrogens is 1. The molecule has 0 bridgehead atoms. The van der Waals surface area contributed by atoms with Gasteiger partial charge in [-0.2, -0.15) is 0 Å². The predicted molar refractivity (Wildman–Crippen MR) is 96.5 cm³/mol. The van der Waals surface area contributed by atoms with Gasteiger partial charge < -0.3 is 4.90 Å². The molecule has 2 aromatic rings. The molecular formula is C19H19ClFN3O. The molecular weight excluding hydrogens is 341 g/mol. The molecule has 1 saturated heterocycles. The van der Waals surface area contributed by atoms with Crippen LogP contribution in [0.3, 0.4) is 0 Å². The summed E-state index contributed by atoms with van der Waals surface area (Å²) in [5.74, 6) is -0.326. The van der Waals surface area contributed by atoms with Crippen LogP contribution in [0, 0.1) is 5.82 Å². The number of hydrogen-bond acceptors (Lipinski definition) is 3. The SMILES string of the molecule is O=C(/C=C/c1cccnc1)N1CCN(Cc2ccc(F)cc2Cl)CC1. The van der Waals surface area contributed by atoms with Crippen LogP contribution in [0.1, 0.15) is 11.1 Å². The van der Waals surface area contributed by atoms with E-state index in [1.807, 2.05) is 17.0 Å². The number of carbonyl (C=O) groups is 1. The second-order valence-electron chi connectivity index (χ2n) is 5.96. The minimum atomic E-state index is -0.329. The summed E-state index contributed by atoms with van der Waals surface area (Å²) >= 11 is 6.08. The van der Waals surface area contributed by atoms with Gasteiger partial charge in [0.1, 0.15) is 5.82 Å². The van der Waals surface area contributed by atoms with Crippen molar-refractivity contribution in [3.05, 3.63) is 70.8 Å². The smallest absolute Gasteiger partial charge is 0.246 e. The zero-order valence-corrected chi connectivity index (χ0v) is 14.5. The monoisotopic (exact) mass is 359 g/mol. The van der Waals surface area contributed by atoms with Crippen molar-refractivity contribution in [3.8, 4) is 0 Å². The van der Waals surface area contributed by atoms with E-state index in [4.69, 9.17) is 11.6 Å². The number of piperazine rings is 1. The summed E-state index contributed by atoms with van der Waals surface area (Å²) < 4.78 is 13.1. The lowest BCUT2D eigenvalue weighted by Gasteiger charge is -2.34. The summed E-state index contributed by atoms with van der Waals surface area (Å²) in [7, 11) is 0. The van der Waals surface area contributed by atoms with Crippen molar-refractivity contribution in [3.63, 3.8) is 0 Å². The Morgan fingerprint density at radius 1 is 1.24 bits per heavy atom. The number of nitrogens with zero attached hydrogens (tertiary/aromatic N) is 3. The van der Waals surface area contributed by atoms with Crippen molar-refractivity contribution in [2.45, 2.75) is 6.54 Å². The number of rotatable bonds is 4. The highest BCUT2D eigenvalue weighted by Gasteiger charge is 2.20. The van der Waals surface area contributed by atoms with E-state index in [1.165, 1.54) is 12.1 Å². The van der Waals surface area contributed by atoms with E-state index in [2.05, 4.69) is 9.88 Å². The highest BCUT2D eigenvalue weighted by molar-refractivity contribution is 6.31. The van der Waals surface area contributed by atoms with E-state index >= 15 is 0 Å². The Balaban J connectivity index is 1.51. The number of amides is 1. The third-order valence-corrected chi connectivity index (χ3v) is 4.55. The molecule has 0 spiro atoms. The summed E-state index contributed by atoms with van der Waals surface area (Å²) in [6, 6.07) is 8.21. The third kappa shape index (κ3) is 4.87. The predicted octanol–water partition coefficient (Wildman–Crippen LogP) is 3.23. The average Bonchev–Trinajstić information content (AvgIpc) is 2.63. The Hall–Kier alpha value is -2.24. The van der Waals surface area contributed by atoms with Crippen LogP contribution in [0.2, 0.25) is 5.02 Å². The summed E-state index contributed by atoms with van der Waals surface area (Å²) in [4.78, 5) is 20.3. The molecule has 0 radical (unpaired) electrons. The van der Waals surface area contributed by atoms with E-state index < -0.39 is 0 Å².